The van der Waals surface area contributed by atoms with Crippen LogP contribution in [-0.4, -0.2) is 27.1 Å². The molecule has 1 aromatic rings. The van der Waals surface area contributed by atoms with E-state index in [1.165, 1.54) is 6.07 Å². The molecule has 0 aliphatic carbocycles. The van der Waals surface area contributed by atoms with Crippen LogP contribution in [0.15, 0.2) is 12.1 Å². The fourth-order valence-electron chi connectivity index (χ4n) is 1.44. The first-order chi connectivity index (χ1) is 7.91. The molecule has 0 saturated heterocycles. The Morgan fingerprint density at radius 1 is 1.12 bits per heavy atom. The average Bonchev–Trinajstić information content (AvgIpc) is 2.22. The Labute approximate surface area is 98.3 Å². The SMILES string of the molecule is Cc1cc(C(=O)CCCC(=O)O)c(O)cc1O. The minimum Gasteiger partial charge on any atom is -0.508 e. The fourth-order valence-corrected chi connectivity index (χ4v) is 1.44. The van der Waals surface area contributed by atoms with Crippen molar-refractivity contribution in [1.29, 1.82) is 0 Å². The maximum Gasteiger partial charge on any atom is 0.303 e. The second-order valence-electron chi connectivity index (χ2n) is 3.83. The Morgan fingerprint density at radius 3 is 2.35 bits per heavy atom. The van der Waals surface area contributed by atoms with E-state index >= 15 is 0 Å². The van der Waals surface area contributed by atoms with E-state index in [-0.39, 0.29) is 42.1 Å². The molecule has 17 heavy (non-hydrogen) atoms. The molecular weight excluding hydrogens is 224 g/mol. The molecule has 1 aromatic carbocycles. The van der Waals surface area contributed by atoms with E-state index in [9.17, 15) is 19.8 Å². The van der Waals surface area contributed by atoms with Gasteiger partial charge in [-0.3, -0.25) is 9.59 Å². The summed E-state index contributed by atoms with van der Waals surface area (Å²) in [5.41, 5.74) is 0.607. The summed E-state index contributed by atoms with van der Waals surface area (Å²) >= 11 is 0. The number of ketones is 1. The van der Waals surface area contributed by atoms with E-state index < -0.39 is 5.97 Å². The number of aromatic hydroxyl groups is 2. The molecule has 0 amide bonds. The zero-order valence-corrected chi connectivity index (χ0v) is 9.43. The highest BCUT2D eigenvalue weighted by atomic mass is 16.4. The van der Waals surface area contributed by atoms with Crippen LogP contribution in [0.1, 0.15) is 35.2 Å². The van der Waals surface area contributed by atoms with E-state index in [1.807, 2.05) is 0 Å². The lowest BCUT2D eigenvalue weighted by Crippen LogP contribution is -2.02. The largest absolute Gasteiger partial charge is 0.508 e. The first-order valence-corrected chi connectivity index (χ1v) is 5.19. The molecule has 1 rings (SSSR count). The molecule has 0 saturated carbocycles. The topological polar surface area (TPSA) is 94.8 Å². The molecule has 5 nitrogen and oxygen atoms in total. The number of phenolic OH excluding ortho intramolecular Hbond substituents is 2. The van der Waals surface area contributed by atoms with Gasteiger partial charge in [0.2, 0.25) is 0 Å². The van der Waals surface area contributed by atoms with Crippen molar-refractivity contribution >= 4 is 11.8 Å². The monoisotopic (exact) mass is 238 g/mol. The molecule has 0 aromatic heterocycles. The summed E-state index contributed by atoms with van der Waals surface area (Å²) < 4.78 is 0. The maximum atomic E-state index is 11.7. The minimum atomic E-state index is -0.955. The average molecular weight is 238 g/mol. The van der Waals surface area contributed by atoms with Crippen molar-refractivity contribution < 1.29 is 24.9 Å². The number of phenols is 2. The quantitative estimate of drug-likeness (QED) is 0.680. The predicted octanol–water partition coefficient (Wildman–Crippen LogP) is 1.84. The molecule has 0 unspecified atom stereocenters. The molecule has 0 atom stereocenters. The highest BCUT2D eigenvalue weighted by Crippen LogP contribution is 2.27. The Morgan fingerprint density at radius 2 is 1.76 bits per heavy atom. The number of carboxylic acid groups (broad SMARTS) is 1. The van der Waals surface area contributed by atoms with E-state index in [0.29, 0.717) is 5.56 Å². The van der Waals surface area contributed by atoms with Gasteiger partial charge in [0.25, 0.3) is 0 Å². The van der Waals surface area contributed by atoms with Crippen molar-refractivity contribution in [2.45, 2.75) is 26.2 Å². The van der Waals surface area contributed by atoms with Crippen LogP contribution in [0.4, 0.5) is 0 Å². The molecule has 0 bridgehead atoms. The lowest BCUT2D eigenvalue weighted by atomic mass is 10.0. The van der Waals surface area contributed by atoms with Crippen LogP contribution in [0.2, 0.25) is 0 Å². The predicted molar refractivity (Wildman–Crippen MR) is 60.3 cm³/mol. The van der Waals surface area contributed by atoms with Crippen LogP contribution in [-0.2, 0) is 4.79 Å². The van der Waals surface area contributed by atoms with Gasteiger partial charge in [-0.25, -0.2) is 0 Å². The lowest BCUT2D eigenvalue weighted by molar-refractivity contribution is -0.137. The van der Waals surface area contributed by atoms with Gasteiger partial charge >= 0.3 is 5.97 Å². The van der Waals surface area contributed by atoms with Gasteiger partial charge in [-0.15, -0.1) is 0 Å². The van der Waals surface area contributed by atoms with E-state index in [1.54, 1.807) is 6.92 Å². The van der Waals surface area contributed by atoms with Crippen LogP contribution >= 0.6 is 0 Å². The summed E-state index contributed by atoms with van der Waals surface area (Å²) in [7, 11) is 0. The van der Waals surface area contributed by atoms with Gasteiger partial charge in [-0.1, -0.05) is 0 Å². The van der Waals surface area contributed by atoms with Crippen molar-refractivity contribution in [3.63, 3.8) is 0 Å². The maximum absolute atomic E-state index is 11.7. The number of carbonyl (C=O) groups is 2. The molecule has 0 aliphatic heterocycles. The van der Waals surface area contributed by atoms with E-state index in [0.717, 1.165) is 6.07 Å². The number of carbonyl (C=O) groups excluding carboxylic acids is 1. The normalized spacial score (nSPS) is 10.2. The number of benzene rings is 1. The molecule has 0 heterocycles. The van der Waals surface area contributed by atoms with Gasteiger partial charge in [-0.2, -0.15) is 0 Å². The molecule has 0 spiro atoms. The van der Waals surface area contributed by atoms with Gasteiger partial charge in [0, 0.05) is 18.9 Å². The highest BCUT2D eigenvalue weighted by molar-refractivity contribution is 5.99. The molecular formula is C12H14O5. The Bertz CT molecular complexity index is 450. The van der Waals surface area contributed by atoms with Crippen molar-refractivity contribution in [3.8, 4) is 11.5 Å². The zero-order valence-electron chi connectivity index (χ0n) is 9.43. The summed E-state index contributed by atoms with van der Waals surface area (Å²) in [4.78, 5) is 22.0. The van der Waals surface area contributed by atoms with Crippen LogP contribution in [0.25, 0.3) is 0 Å². The summed E-state index contributed by atoms with van der Waals surface area (Å²) in [5.74, 6) is -1.64. The lowest BCUT2D eigenvalue weighted by Gasteiger charge is -2.06. The Balaban J connectivity index is 2.75. The fraction of sp³-hybridized carbons (Fsp3) is 0.333. The van der Waals surface area contributed by atoms with Crippen LogP contribution in [0.3, 0.4) is 0 Å². The zero-order chi connectivity index (χ0) is 13.0. The first kappa shape index (κ1) is 13.0. The number of carboxylic acids is 1. The van der Waals surface area contributed by atoms with E-state index in [4.69, 9.17) is 5.11 Å². The summed E-state index contributed by atoms with van der Waals surface area (Å²) in [6.07, 6.45) is 0.209. The van der Waals surface area contributed by atoms with Crippen LogP contribution in [0.5, 0.6) is 11.5 Å². The van der Waals surface area contributed by atoms with Crippen LogP contribution in [0, 0.1) is 6.92 Å². The summed E-state index contributed by atoms with van der Waals surface area (Å²) in [6, 6.07) is 2.51. The summed E-state index contributed by atoms with van der Waals surface area (Å²) in [6.45, 7) is 1.61. The number of hydrogen-bond donors (Lipinski definition) is 3. The van der Waals surface area contributed by atoms with Crippen molar-refractivity contribution in [3.05, 3.63) is 23.3 Å². The number of hydrogen-bond acceptors (Lipinski definition) is 4. The van der Waals surface area contributed by atoms with Gasteiger partial charge in [0.15, 0.2) is 5.78 Å². The third-order valence-corrected chi connectivity index (χ3v) is 2.41. The molecule has 92 valence electrons. The number of rotatable bonds is 5. The standard InChI is InChI=1S/C12H14O5/c1-7-5-8(11(15)6-10(7)14)9(13)3-2-4-12(16)17/h5-6,14-15H,2-4H2,1H3,(H,16,17). The van der Waals surface area contributed by atoms with Crippen molar-refractivity contribution in [2.75, 3.05) is 0 Å². The second kappa shape index (κ2) is 5.34. The Kier molecular flexibility index (Phi) is 4.09. The molecule has 0 aliphatic rings. The minimum absolute atomic E-state index is 0.0596. The van der Waals surface area contributed by atoms with Crippen molar-refractivity contribution in [2.24, 2.45) is 0 Å². The number of aryl methyl sites for hydroxylation is 1. The highest BCUT2D eigenvalue weighted by Gasteiger charge is 2.13. The third-order valence-electron chi connectivity index (χ3n) is 2.41. The number of aliphatic carboxylic acids is 1. The number of Topliss-reactive ketones (excluding diaryl/α,β-unsaturated/α-hetero) is 1. The third kappa shape index (κ3) is 3.48. The smallest absolute Gasteiger partial charge is 0.303 e. The molecule has 5 heteroatoms. The first-order valence-electron chi connectivity index (χ1n) is 5.19. The molecule has 0 fully saturated rings. The second-order valence-corrected chi connectivity index (χ2v) is 3.83. The van der Waals surface area contributed by atoms with Crippen molar-refractivity contribution in [1.82, 2.24) is 0 Å². The van der Waals surface area contributed by atoms with Gasteiger partial charge < -0.3 is 15.3 Å². The molecule has 3 N–H and O–H groups in total. The van der Waals surface area contributed by atoms with Gasteiger partial charge in [0.1, 0.15) is 11.5 Å². The van der Waals surface area contributed by atoms with Gasteiger partial charge in [-0.05, 0) is 25.0 Å². The summed E-state index contributed by atoms with van der Waals surface area (Å²) in [5, 5.41) is 27.2. The Hall–Kier alpha value is -2.04. The van der Waals surface area contributed by atoms with Gasteiger partial charge in [0.05, 0.1) is 5.56 Å². The van der Waals surface area contributed by atoms with Crippen LogP contribution < -0.4 is 0 Å². The van der Waals surface area contributed by atoms with E-state index in [2.05, 4.69) is 0 Å². The molecule has 0 radical (unpaired) electrons.